The van der Waals surface area contributed by atoms with Gasteiger partial charge in [0.05, 0.1) is 11.9 Å². The first-order chi connectivity index (χ1) is 19.1. The van der Waals surface area contributed by atoms with E-state index < -0.39 is 0 Å². The van der Waals surface area contributed by atoms with Crippen LogP contribution >= 0.6 is 0 Å². The lowest BCUT2D eigenvalue weighted by Gasteiger charge is -2.27. The van der Waals surface area contributed by atoms with Crippen molar-refractivity contribution in [1.29, 1.82) is 0 Å². The minimum Gasteiger partial charge on any atom is -0.366 e. The Labute approximate surface area is 225 Å². The number of nitrogens with zero attached hydrogens (tertiary/aromatic N) is 5. The Kier molecular flexibility index (Phi) is 6.84. The number of aromatic nitrogens is 5. The number of amides is 1. The van der Waals surface area contributed by atoms with E-state index in [2.05, 4.69) is 43.0 Å². The zero-order valence-electron chi connectivity index (χ0n) is 21.3. The van der Waals surface area contributed by atoms with Crippen molar-refractivity contribution in [3.05, 3.63) is 91.1 Å². The summed E-state index contributed by atoms with van der Waals surface area (Å²) in [6.07, 6.45) is 10.5. The van der Waals surface area contributed by atoms with E-state index in [0.717, 1.165) is 36.8 Å². The molecule has 5 aromatic rings. The van der Waals surface area contributed by atoms with E-state index in [9.17, 15) is 4.79 Å². The highest BCUT2D eigenvalue weighted by molar-refractivity contribution is 6.03. The molecule has 10 nitrogen and oxygen atoms in total. The summed E-state index contributed by atoms with van der Waals surface area (Å²) in [5, 5.41) is 14.5. The van der Waals surface area contributed by atoms with E-state index in [-0.39, 0.29) is 18.0 Å². The Hall–Kier alpha value is -4.83. The number of carbonyl (C=O) groups is 1. The number of benzene rings is 1. The second-order valence-corrected chi connectivity index (χ2v) is 9.69. The van der Waals surface area contributed by atoms with Gasteiger partial charge in [0.2, 0.25) is 0 Å². The van der Waals surface area contributed by atoms with Crippen molar-refractivity contribution in [2.75, 3.05) is 16.0 Å². The van der Waals surface area contributed by atoms with E-state index in [0.29, 0.717) is 34.4 Å². The summed E-state index contributed by atoms with van der Waals surface area (Å²) in [6.45, 7) is 0. The molecular formula is C29H29N9O. The summed E-state index contributed by atoms with van der Waals surface area (Å²) in [5.41, 5.74) is 10.4. The molecule has 0 atom stereocenters. The molecule has 0 saturated heterocycles. The van der Waals surface area contributed by atoms with E-state index in [4.69, 9.17) is 10.8 Å². The second-order valence-electron chi connectivity index (χ2n) is 9.69. The van der Waals surface area contributed by atoms with Gasteiger partial charge in [0, 0.05) is 48.0 Å². The predicted molar refractivity (Wildman–Crippen MR) is 152 cm³/mol. The lowest BCUT2D eigenvalue weighted by Crippen LogP contribution is -2.33. The van der Waals surface area contributed by atoms with Crippen molar-refractivity contribution in [1.82, 2.24) is 24.6 Å². The van der Waals surface area contributed by atoms with Crippen LogP contribution in [-0.4, -0.2) is 42.6 Å². The summed E-state index contributed by atoms with van der Waals surface area (Å²) in [4.78, 5) is 26.3. The van der Waals surface area contributed by atoms with E-state index in [1.165, 1.54) is 6.20 Å². The summed E-state index contributed by atoms with van der Waals surface area (Å²) in [5.74, 6) is 0.976. The third-order valence-electron chi connectivity index (χ3n) is 6.90. The van der Waals surface area contributed by atoms with Gasteiger partial charge in [0.1, 0.15) is 11.6 Å². The maximum absolute atomic E-state index is 13.2. The van der Waals surface area contributed by atoms with Gasteiger partial charge in [-0.2, -0.15) is 0 Å². The van der Waals surface area contributed by atoms with Crippen molar-refractivity contribution in [2.24, 2.45) is 5.73 Å². The molecule has 1 aromatic carbocycles. The Morgan fingerprint density at radius 1 is 0.872 bits per heavy atom. The molecule has 4 heterocycles. The number of rotatable bonds is 7. The maximum Gasteiger partial charge on any atom is 0.276 e. The summed E-state index contributed by atoms with van der Waals surface area (Å²) < 4.78 is 1.56. The van der Waals surface area contributed by atoms with Crippen LogP contribution in [0, 0.1) is 0 Å². The molecule has 0 unspecified atom stereocenters. The molecule has 1 fully saturated rings. The van der Waals surface area contributed by atoms with Crippen LogP contribution < -0.4 is 21.7 Å². The average Bonchev–Trinajstić information content (AvgIpc) is 3.40. The smallest absolute Gasteiger partial charge is 0.276 e. The highest BCUT2D eigenvalue weighted by Crippen LogP contribution is 2.27. The van der Waals surface area contributed by atoms with Crippen LogP contribution in [-0.2, 0) is 0 Å². The summed E-state index contributed by atoms with van der Waals surface area (Å²) in [6, 6.07) is 19.9. The number of nitrogens with one attached hydrogen (secondary N) is 3. The average molecular weight is 520 g/mol. The molecule has 0 aliphatic heterocycles. The Balaban J connectivity index is 1.32. The van der Waals surface area contributed by atoms with Gasteiger partial charge in [-0.1, -0.05) is 30.3 Å². The number of hydrogen-bond acceptors (Lipinski definition) is 8. The van der Waals surface area contributed by atoms with Crippen molar-refractivity contribution < 1.29 is 4.79 Å². The maximum atomic E-state index is 13.2. The van der Waals surface area contributed by atoms with Gasteiger partial charge >= 0.3 is 0 Å². The molecule has 1 aliphatic carbocycles. The largest absolute Gasteiger partial charge is 0.366 e. The Morgan fingerprint density at radius 3 is 2.41 bits per heavy atom. The highest BCUT2D eigenvalue weighted by Gasteiger charge is 2.21. The number of fused-ring (bicyclic) bond motifs is 1. The fourth-order valence-electron chi connectivity index (χ4n) is 4.80. The van der Waals surface area contributed by atoms with Gasteiger partial charge < -0.3 is 21.7 Å². The molecular weight excluding hydrogens is 490 g/mol. The van der Waals surface area contributed by atoms with Gasteiger partial charge in [-0.3, -0.25) is 9.78 Å². The molecule has 39 heavy (non-hydrogen) atoms. The number of nitrogens with two attached hydrogens (primary N) is 1. The van der Waals surface area contributed by atoms with E-state index >= 15 is 0 Å². The summed E-state index contributed by atoms with van der Waals surface area (Å²) in [7, 11) is 0. The highest BCUT2D eigenvalue weighted by atomic mass is 16.2. The molecule has 1 aliphatic rings. The minimum atomic E-state index is -0.321. The lowest BCUT2D eigenvalue weighted by molar-refractivity contribution is 0.102. The molecule has 5 N–H and O–H groups in total. The first-order valence-electron chi connectivity index (χ1n) is 13.0. The normalized spacial score (nSPS) is 17.1. The van der Waals surface area contributed by atoms with Crippen molar-refractivity contribution >= 4 is 34.6 Å². The molecule has 196 valence electrons. The Bertz CT molecular complexity index is 1560. The standard InChI is InChI=1S/C29H29N9O/c30-21-7-9-22(10-8-21)34-27-16-24(36-26-11-6-20(17-32-26)19-4-2-1-3-5-19)28-33-18-25(38(28)37-27)29(39)35-23-12-14-31-15-13-23/h1-6,11-18,21-22H,7-10,30H2,(H,32,36)(H,34,37)(H,31,35,39)/t21-,22-. The van der Waals surface area contributed by atoms with E-state index in [1.54, 1.807) is 29.0 Å². The van der Waals surface area contributed by atoms with Crippen LogP contribution in [0.5, 0.6) is 0 Å². The zero-order chi connectivity index (χ0) is 26.6. The van der Waals surface area contributed by atoms with Crippen LogP contribution in [0.25, 0.3) is 16.8 Å². The van der Waals surface area contributed by atoms with Crippen molar-refractivity contribution in [3.8, 4) is 11.1 Å². The minimum absolute atomic E-state index is 0.248. The van der Waals surface area contributed by atoms with Gasteiger partial charge in [-0.25, -0.2) is 14.5 Å². The quantitative estimate of drug-likeness (QED) is 0.239. The molecule has 1 amide bonds. The van der Waals surface area contributed by atoms with Gasteiger partial charge in [-0.15, -0.1) is 5.10 Å². The van der Waals surface area contributed by atoms with Crippen LogP contribution in [0.3, 0.4) is 0 Å². The fourth-order valence-corrected chi connectivity index (χ4v) is 4.80. The number of hydrogen-bond donors (Lipinski definition) is 4. The van der Waals surface area contributed by atoms with Gasteiger partial charge in [-0.05, 0) is 55.5 Å². The fraction of sp³-hybridized carbons (Fsp3) is 0.207. The van der Waals surface area contributed by atoms with Crippen LogP contribution in [0.15, 0.2) is 85.5 Å². The monoisotopic (exact) mass is 519 g/mol. The zero-order valence-corrected chi connectivity index (χ0v) is 21.3. The molecule has 0 bridgehead atoms. The lowest BCUT2D eigenvalue weighted by atomic mass is 9.92. The Morgan fingerprint density at radius 2 is 1.67 bits per heavy atom. The molecule has 6 rings (SSSR count). The SMILES string of the molecule is N[C@H]1CC[C@H](Nc2cc(Nc3ccc(-c4ccccc4)cn3)c3ncc(C(=O)Nc4ccncc4)n3n2)CC1. The van der Waals surface area contributed by atoms with Crippen LogP contribution in [0.2, 0.25) is 0 Å². The number of anilines is 4. The third-order valence-corrected chi connectivity index (χ3v) is 6.90. The number of imidazole rings is 1. The van der Waals surface area contributed by atoms with Gasteiger partial charge in [0.15, 0.2) is 11.3 Å². The first-order valence-corrected chi connectivity index (χ1v) is 13.0. The van der Waals surface area contributed by atoms with Crippen LogP contribution in [0.4, 0.5) is 23.0 Å². The molecule has 4 aromatic heterocycles. The number of carbonyl (C=O) groups excluding carboxylic acids is 1. The first kappa shape index (κ1) is 24.5. The summed E-state index contributed by atoms with van der Waals surface area (Å²) >= 11 is 0. The predicted octanol–water partition coefficient (Wildman–Crippen LogP) is 4.86. The van der Waals surface area contributed by atoms with E-state index in [1.807, 2.05) is 42.6 Å². The molecule has 10 heteroatoms. The molecule has 1 saturated carbocycles. The van der Waals surface area contributed by atoms with Crippen molar-refractivity contribution in [2.45, 2.75) is 37.8 Å². The van der Waals surface area contributed by atoms with Crippen molar-refractivity contribution in [3.63, 3.8) is 0 Å². The van der Waals surface area contributed by atoms with Gasteiger partial charge in [0.25, 0.3) is 5.91 Å². The number of pyridine rings is 2. The topological polar surface area (TPSA) is 135 Å². The molecule has 0 radical (unpaired) electrons. The molecule has 0 spiro atoms. The van der Waals surface area contributed by atoms with Crippen LogP contribution in [0.1, 0.15) is 36.2 Å². The third kappa shape index (κ3) is 5.55. The second kappa shape index (κ2) is 10.9.